The molecule has 130 valence electrons. The van der Waals surface area contributed by atoms with Gasteiger partial charge in [-0.1, -0.05) is 42.5 Å². The molecule has 3 rings (SSSR count). The van der Waals surface area contributed by atoms with Gasteiger partial charge in [0.1, 0.15) is 19.0 Å². The van der Waals surface area contributed by atoms with Gasteiger partial charge in [-0.2, -0.15) is 10.4 Å². The molecule has 0 atom stereocenters. The first kappa shape index (κ1) is 17.4. The molecule has 0 radical (unpaired) electrons. The lowest BCUT2D eigenvalue weighted by Gasteiger charge is -2.05. The van der Waals surface area contributed by atoms with E-state index in [-0.39, 0.29) is 19.6 Å². The highest BCUT2D eigenvalue weighted by atomic mass is 19.1. The van der Waals surface area contributed by atoms with Gasteiger partial charge >= 0.3 is 5.97 Å². The lowest BCUT2D eigenvalue weighted by Crippen LogP contribution is -2.13. The van der Waals surface area contributed by atoms with Crippen molar-refractivity contribution in [2.24, 2.45) is 0 Å². The van der Waals surface area contributed by atoms with Crippen LogP contribution in [0.4, 0.5) is 4.39 Å². The molecule has 0 amide bonds. The zero-order valence-electron chi connectivity index (χ0n) is 13.9. The maximum Gasteiger partial charge on any atom is 0.328 e. The Bertz CT molecular complexity index is 945. The number of esters is 1. The number of nitrogens with zero attached hydrogens (tertiary/aromatic N) is 3. The standard InChI is InChI=1S/C20H16FN3O2/c21-19-10-17(7-6-16(19)8-9-22)18-11-23-24(12-18)13-20(25)26-14-15-4-2-1-3-5-15/h1-7,10-12H,8,13-14H2. The molecule has 0 saturated carbocycles. The van der Waals surface area contributed by atoms with Crippen LogP contribution in [0.3, 0.4) is 0 Å². The fourth-order valence-electron chi connectivity index (χ4n) is 2.47. The Labute approximate surface area is 150 Å². The van der Waals surface area contributed by atoms with Gasteiger partial charge in [0.25, 0.3) is 0 Å². The van der Waals surface area contributed by atoms with Crippen molar-refractivity contribution in [3.05, 3.63) is 77.9 Å². The van der Waals surface area contributed by atoms with E-state index in [0.717, 1.165) is 5.56 Å². The molecule has 6 heteroatoms. The Morgan fingerprint density at radius 2 is 2.00 bits per heavy atom. The van der Waals surface area contributed by atoms with Gasteiger partial charge in [0.15, 0.2) is 0 Å². The quantitative estimate of drug-likeness (QED) is 0.639. The molecule has 3 aromatic rings. The molecular formula is C20H16FN3O2. The van der Waals surface area contributed by atoms with Gasteiger partial charge in [0.2, 0.25) is 0 Å². The third-order valence-electron chi connectivity index (χ3n) is 3.82. The summed E-state index contributed by atoms with van der Waals surface area (Å²) in [6.45, 7) is 0.182. The SMILES string of the molecule is N#CCc1ccc(-c2cnn(CC(=O)OCc3ccccc3)c2)cc1F. The van der Waals surface area contributed by atoms with Crippen LogP contribution in [-0.2, 0) is 29.1 Å². The minimum Gasteiger partial charge on any atom is -0.459 e. The van der Waals surface area contributed by atoms with E-state index in [1.54, 1.807) is 24.5 Å². The van der Waals surface area contributed by atoms with Crippen molar-refractivity contribution in [3.63, 3.8) is 0 Å². The molecule has 5 nitrogen and oxygen atoms in total. The highest BCUT2D eigenvalue weighted by Gasteiger charge is 2.10. The van der Waals surface area contributed by atoms with Crippen molar-refractivity contribution in [3.8, 4) is 17.2 Å². The molecule has 0 fully saturated rings. The number of halogens is 1. The van der Waals surface area contributed by atoms with E-state index in [9.17, 15) is 9.18 Å². The molecule has 0 saturated heterocycles. The van der Waals surface area contributed by atoms with Crippen molar-refractivity contribution >= 4 is 5.97 Å². The molecule has 0 unspecified atom stereocenters. The van der Waals surface area contributed by atoms with Gasteiger partial charge in [-0.05, 0) is 17.2 Å². The molecule has 0 spiro atoms. The maximum atomic E-state index is 13.9. The minimum atomic E-state index is -0.431. The second-order valence-corrected chi connectivity index (χ2v) is 5.71. The second kappa shape index (κ2) is 8.08. The molecule has 0 aliphatic heterocycles. The average Bonchev–Trinajstić information content (AvgIpc) is 3.11. The van der Waals surface area contributed by atoms with E-state index in [1.807, 2.05) is 36.4 Å². The summed E-state index contributed by atoms with van der Waals surface area (Å²) in [5, 5.41) is 12.8. The third-order valence-corrected chi connectivity index (χ3v) is 3.82. The number of hydrogen-bond acceptors (Lipinski definition) is 4. The van der Waals surface area contributed by atoms with Crippen LogP contribution in [-0.4, -0.2) is 15.7 Å². The lowest BCUT2D eigenvalue weighted by molar-refractivity contribution is -0.145. The van der Waals surface area contributed by atoms with Crippen molar-refractivity contribution in [1.82, 2.24) is 9.78 Å². The molecule has 1 heterocycles. The van der Waals surface area contributed by atoms with Crippen molar-refractivity contribution < 1.29 is 13.9 Å². The summed E-state index contributed by atoms with van der Waals surface area (Å²) in [6, 6.07) is 16.0. The number of aromatic nitrogens is 2. The Morgan fingerprint density at radius 3 is 2.73 bits per heavy atom. The van der Waals surface area contributed by atoms with Crippen LogP contribution < -0.4 is 0 Å². The van der Waals surface area contributed by atoms with E-state index in [0.29, 0.717) is 16.7 Å². The number of nitriles is 1. The number of rotatable bonds is 6. The van der Waals surface area contributed by atoms with Crippen molar-refractivity contribution in [2.45, 2.75) is 19.6 Å². The van der Waals surface area contributed by atoms with Crippen LogP contribution in [0.2, 0.25) is 0 Å². The van der Waals surface area contributed by atoms with E-state index < -0.39 is 11.8 Å². The smallest absolute Gasteiger partial charge is 0.328 e. The normalized spacial score (nSPS) is 10.3. The van der Waals surface area contributed by atoms with E-state index in [1.165, 1.54) is 10.7 Å². The monoisotopic (exact) mass is 349 g/mol. The van der Waals surface area contributed by atoms with Crippen LogP contribution in [0.1, 0.15) is 11.1 Å². The Kier molecular flexibility index (Phi) is 5.40. The highest BCUT2D eigenvalue weighted by molar-refractivity contribution is 5.69. The zero-order valence-corrected chi connectivity index (χ0v) is 13.9. The number of carbonyl (C=O) groups excluding carboxylic acids is 1. The Hall–Kier alpha value is -3.46. The summed E-state index contributed by atoms with van der Waals surface area (Å²) < 4.78 is 20.6. The first-order chi connectivity index (χ1) is 12.7. The fraction of sp³-hybridized carbons (Fsp3) is 0.150. The van der Waals surface area contributed by atoms with E-state index in [2.05, 4.69) is 5.10 Å². The number of benzene rings is 2. The first-order valence-electron chi connectivity index (χ1n) is 8.03. The largest absolute Gasteiger partial charge is 0.459 e. The molecule has 0 aliphatic rings. The second-order valence-electron chi connectivity index (χ2n) is 5.71. The third kappa shape index (κ3) is 4.33. The summed E-state index contributed by atoms with van der Waals surface area (Å²) in [4.78, 5) is 11.9. The summed E-state index contributed by atoms with van der Waals surface area (Å²) in [6.07, 6.45) is 3.24. The van der Waals surface area contributed by atoms with Crippen molar-refractivity contribution in [1.29, 1.82) is 5.26 Å². The summed E-state index contributed by atoms with van der Waals surface area (Å²) in [5.41, 5.74) is 2.58. The van der Waals surface area contributed by atoms with Gasteiger partial charge in [-0.15, -0.1) is 0 Å². The molecular weight excluding hydrogens is 333 g/mol. The van der Waals surface area contributed by atoms with Gasteiger partial charge in [-0.25, -0.2) is 4.39 Å². The maximum absolute atomic E-state index is 13.9. The summed E-state index contributed by atoms with van der Waals surface area (Å²) >= 11 is 0. The number of hydrogen-bond donors (Lipinski definition) is 0. The van der Waals surface area contributed by atoms with Crippen LogP contribution in [0, 0.1) is 17.1 Å². The van der Waals surface area contributed by atoms with Crippen molar-refractivity contribution in [2.75, 3.05) is 0 Å². The zero-order chi connectivity index (χ0) is 18.4. The minimum absolute atomic E-state index is 0.0260. The predicted octanol–water partition coefficient (Wildman–Crippen LogP) is 3.50. The topological polar surface area (TPSA) is 67.9 Å². The van der Waals surface area contributed by atoms with E-state index >= 15 is 0 Å². The molecule has 0 N–H and O–H groups in total. The number of carbonyl (C=O) groups is 1. The first-order valence-corrected chi connectivity index (χ1v) is 8.03. The molecule has 26 heavy (non-hydrogen) atoms. The van der Waals surface area contributed by atoms with Crippen LogP contribution in [0.5, 0.6) is 0 Å². The molecule has 1 aromatic heterocycles. The van der Waals surface area contributed by atoms with Gasteiger partial charge < -0.3 is 4.74 Å². The van der Waals surface area contributed by atoms with Gasteiger partial charge in [-0.3, -0.25) is 9.48 Å². The Morgan fingerprint density at radius 1 is 1.19 bits per heavy atom. The molecule has 2 aromatic carbocycles. The fourth-order valence-corrected chi connectivity index (χ4v) is 2.47. The summed E-state index contributed by atoms with van der Waals surface area (Å²) in [7, 11) is 0. The molecule has 0 aliphatic carbocycles. The summed E-state index contributed by atoms with van der Waals surface area (Å²) in [5.74, 6) is -0.835. The van der Waals surface area contributed by atoms with Gasteiger partial charge in [0.05, 0.1) is 18.7 Å². The van der Waals surface area contributed by atoms with E-state index in [4.69, 9.17) is 10.00 Å². The average molecular weight is 349 g/mol. The van der Waals surface area contributed by atoms with Crippen LogP contribution >= 0.6 is 0 Å². The van der Waals surface area contributed by atoms with Gasteiger partial charge in [0, 0.05) is 17.3 Å². The highest BCUT2D eigenvalue weighted by Crippen LogP contribution is 2.21. The van der Waals surface area contributed by atoms with Crippen LogP contribution in [0.25, 0.3) is 11.1 Å². The molecule has 0 bridgehead atoms. The number of ether oxygens (including phenoxy) is 1. The lowest BCUT2D eigenvalue weighted by atomic mass is 10.1. The Balaban J connectivity index is 1.62. The predicted molar refractivity (Wildman–Crippen MR) is 93.2 cm³/mol. The van der Waals surface area contributed by atoms with Crippen LogP contribution in [0.15, 0.2) is 60.9 Å².